The molecular formula is C73H136N2O21. The van der Waals surface area contributed by atoms with Gasteiger partial charge in [-0.15, -0.1) is 0 Å². The van der Waals surface area contributed by atoms with Gasteiger partial charge in [-0.3, -0.25) is 9.59 Å². The maximum Gasteiger partial charge on any atom is 0.364 e. The van der Waals surface area contributed by atoms with Gasteiger partial charge in [0.2, 0.25) is 11.8 Å². The van der Waals surface area contributed by atoms with Crippen LogP contribution in [0.15, 0.2) is 12.2 Å². The molecule has 0 aromatic carbocycles. The van der Waals surface area contributed by atoms with E-state index < -0.39 is 155 Å². The van der Waals surface area contributed by atoms with Gasteiger partial charge in [-0.05, 0) is 19.3 Å². The number of hydrogen-bond acceptors (Lipinski definition) is 20. The monoisotopic (exact) mass is 1380 g/mol. The maximum absolute atomic E-state index is 13.5. The molecule has 3 saturated heterocycles. The van der Waals surface area contributed by atoms with Gasteiger partial charge in [0.05, 0.1) is 50.7 Å². The smallest absolute Gasteiger partial charge is 0.364 e. The van der Waals surface area contributed by atoms with E-state index in [1.807, 2.05) is 6.08 Å². The van der Waals surface area contributed by atoms with E-state index >= 15 is 0 Å². The molecule has 2 amide bonds. The van der Waals surface area contributed by atoms with Gasteiger partial charge in [0.1, 0.15) is 67.1 Å². The number of unbranched alkanes of at least 4 members (excludes halogenated alkanes) is 39. The van der Waals surface area contributed by atoms with Crippen LogP contribution in [0.1, 0.15) is 297 Å². The van der Waals surface area contributed by atoms with Crippen LogP contribution in [0.3, 0.4) is 0 Å². The van der Waals surface area contributed by atoms with Crippen molar-refractivity contribution in [3.63, 3.8) is 0 Å². The highest BCUT2D eigenvalue weighted by molar-refractivity contribution is 5.77. The molecule has 14 N–H and O–H groups in total. The van der Waals surface area contributed by atoms with Gasteiger partial charge in [-0.25, -0.2) is 4.79 Å². The topological polar surface area (TPSA) is 373 Å². The van der Waals surface area contributed by atoms with E-state index in [4.69, 9.17) is 28.4 Å². The highest BCUT2D eigenvalue weighted by Crippen LogP contribution is 2.39. The second-order valence-electron chi connectivity index (χ2n) is 27.9. The standard InChI is InChI=1S/C73H136N2O21/c1-4-6-8-10-12-14-16-18-20-22-24-25-26-27-28-29-31-33-35-37-39-41-43-45-47-60(83)75-54(55(80)46-44-42-40-38-36-34-32-30-23-21-19-17-15-13-11-9-7-5-2)52-91-70-65(87)64(86)67(59(51-78)93-70)94-71-66(88)69(63(85)58(50-77)92-71)96-73(72(89)90)48-56(81)61(74-53(3)79)68(95-73)62(84)57(82)49-76/h44,46,54-59,61-71,76-78,80-82,84-88H,4-43,45,47-52H2,1-3H3,(H,74,79)(H,75,83)(H,89,90)/b46-44+. The number of aliphatic carboxylic acids is 1. The van der Waals surface area contributed by atoms with Crippen molar-refractivity contribution in [1.29, 1.82) is 0 Å². The van der Waals surface area contributed by atoms with Crippen molar-refractivity contribution in [3.05, 3.63) is 12.2 Å². The van der Waals surface area contributed by atoms with Crippen molar-refractivity contribution in [2.75, 3.05) is 26.4 Å². The first-order chi connectivity index (χ1) is 46.4. The predicted molar refractivity (Wildman–Crippen MR) is 366 cm³/mol. The molecule has 0 aliphatic carbocycles. The number of nitrogens with one attached hydrogen (secondary N) is 2. The van der Waals surface area contributed by atoms with Crippen LogP contribution in [0.25, 0.3) is 0 Å². The minimum Gasteiger partial charge on any atom is -0.477 e. The molecule has 3 aliphatic heterocycles. The van der Waals surface area contributed by atoms with Crippen molar-refractivity contribution >= 4 is 17.8 Å². The summed E-state index contributed by atoms with van der Waals surface area (Å²) in [6, 6.07) is -2.61. The highest BCUT2D eigenvalue weighted by atomic mass is 16.8. The van der Waals surface area contributed by atoms with Crippen molar-refractivity contribution in [2.24, 2.45) is 0 Å². The zero-order valence-corrected chi connectivity index (χ0v) is 59.2. The van der Waals surface area contributed by atoms with Crippen molar-refractivity contribution in [3.8, 4) is 0 Å². The third kappa shape index (κ3) is 34.4. The molecule has 23 nitrogen and oxygen atoms in total. The predicted octanol–water partition coefficient (Wildman–Crippen LogP) is 8.63. The number of carbonyl (C=O) groups is 3. The summed E-state index contributed by atoms with van der Waals surface area (Å²) in [4.78, 5) is 38.6. The molecule has 0 radical (unpaired) electrons. The fraction of sp³-hybridized carbons (Fsp3) is 0.932. The Hall–Kier alpha value is -2.53. The number of carbonyl (C=O) groups excluding carboxylic acids is 2. The molecule has 23 heteroatoms. The SMILES string of the molecule is CCCCCCCCCCCCCCCCCC/C=C/C(O)C(COC1OC(CO)C(OC2OC(CO)C(O)C(OC3(C(=O)O)CC(O)C(NC(C)=O)C(C(O)C(O)CO)O3)C2O)C(O)C1O)NC(=O)CCCCCCCCCCCCCCCCCCCCCCCCCC. The zero-order chi connectivity index (χ0) is 70.4. The molecule has 0 spiro atoms. The molecule has 0 aromatic rings. The van der Waals surface area contributed by atoms with Gasteiger partial charge in [-0.2, -0.15) is 0 Å². The fourth-order valence-corrected chi connectivity index (χ4v) is 13.4. The highest BCUT2D eigenvalue weighted by Gasteiger charge is 2.60. The molecule has 0 saturated carbocycles. The Labute approximate surface area is 575 Å². The Morgan fingerprint density at radius 3 is 1.39 bits per heavy atom. The quantitative estimate of drug-likeness (QED) is 0.0200. The molecule has 18 atom stereocenters. The summed E-state index contributed by atoms with van der Waals surface area (Å²) < 4.78 is 34.9. The van der Waals surface area contributed by atoms with Crippen molar-refractivity contribution < 1.29 is 104 Å². The first kappa shape index (κ1) is 87.7. The van der Waals surface area contributed by atoms with Crippen LogP contribution in [-0.4, -0.2) is 215 Å². The summed E-state index contributed by atoms with van der Waals surface area (Å²) in [7, 11) is 0. The number of hydrogen-bond donors (Lipinski definition) is 14. The van der Waals surface area contributed by atoms with Crippen LogP contribution >= 0.6 is 0 Å². The number of carboxylic acid groups (broad SMARTS) is 1. The van der Waals surface area contributed by atoms with E-state index in [-0.39, 0.29) is 12.3 Å². The van der Waals surface area contributed by atoms with Crippen LogP contribution in [0.4, 0.5) is 0 Å². The minimum atomic E-state index is -3.08. The van der Waals surface area contributed by atoms with Crippen LogP contribution < -0.4 is 10.6 Å². The van der Waals surface area contributed by atoms with Gasteiger partial charge in [0.25, 0.3) is 5.79 Å². The van der Waals surface area contributed by atoms with Gasteiger partial charge >= 0.3 is 5.97 Å². The molecule has 3 aliphatic rings. The summed E-state index contributed by atoms with van der Waals surface area (Å²) >= 11 is 0. The Morgan fingerprint density at radius 1 is 0.542 bits per heavy atom. The summed E-state index contributed by atoms with van der Waals surface area (Å²) in [6.45, 7) is 2.18. The summed E-state index contributed by atoms with van der Waals surface area (Å²) in [6.07, 6.45) is 25.3. The van der Waals surface area contributed by atoms with Gasteiger partial charge in [-0.1, -0.05) is 270 Å². The number of rotatable bonds is 59. The fourth-order valence-electron chi connectivity index (χ4n) is 13.4. The number of ether oxygens (including phenoxy) is 6. The average Bonchev–Trinajstić information content (AvgIpc) is 0.759. The lowest BCUT2D eigenvalue weighted by Crippen LogP contribution is -2.70. The van der Waals surface area contributed by atoms with Crippen LogP contribution in [0, 0.1) is 0 Å². The van der Waals surface area contributed by atoms with E-state index in [1.165, 1.54) is 205 Å². The number of aliphatic hydroxyl groups is 11. The molecule has 96 heavy (non-hydrogen) atoms. The van der Waals surface area contributed by atoms with Crippen molar-refractivity contribution in [1.82, 2.24) is 10.6 Å². The third-order valence-corrected chi connectivity index (χ3v) is 19.5. The molecule has 3 rings (SSSR count). The largest absolute Gasteiger partial charge is 0.477 e. The van der Waals surface area contributed by atoms with Crippen molar-refractivity contribution in [2.45, 2.75) is 407 Å². The van der Waals surface area contributed by atoms with E-state index in [0.29, 0.717) is 12.8 Å². The lowest BCUT2D eigenvalue weighted by Gasteiger charge is -2.50. The van der Waals surface area contributed by atoms with E-state index in [9.17, 15) is 75.7 Å². The molecule has 0 bridgehead atoms. The molecule has 3 heterocycles. The van der Waals surface area contributed by atoms with Gasteiger partial charge < -0.3 is 100 Å². The Morgan fingerprint density at radius 2 is 0.969 bits per heavy atom. The summed E-state index contributed by atoms with van der Waals surface area (Å²) in [5, 5.41) is 136. The number of amides is 2. The van der Waals surface area contributed by atoms with Gasteiger partial charge in [0.15, 0.2) is 12.6 Å². The third-order valence-electron chi connectivity index (χ3n) is 19.5. The second-order valence-corrected chi connectivity index (χ2v) is 27.9. The van der Waals surface area contributed by atoms with Crippen LogP contribution in [0.2, 0.25) is 0 Å². The lowest BCUT2D eigenvalue weighted by molar-refractivity contribution is -0.386. The Balaban J connectivity index is 1.55. The summed E-state index contributed by atoms with van der Waals surface area (Å²) in [5.41, 5.74) is 0. The lowest BCUT2D eigenvalue weighted by atomic mass is 9.88. The number of allylic oxidation sites excluding steroid dienone is 1. The van der Waals surface area contributed by atoms with Crippen LogP contribution in [0.5, 0.6) is 0 Å². The number of aliphatic hydroxyl groups excluding tert-OH is 11. The maximum atomic E-state index is 13.5. The summed E-state index contributed by atoms with van der Waals surface area (Å²) in [5.74, 6) is -6.13. The zero-order valence-electron chi connectivity index (χ0n) is 59.2. The first-order valence-corrected chi connectivity index (χ1v) is 38.1. The second kappa shape index (κ2) is 53.3. The molecule has 3 fully saturated rings. The van der Waals surface area contributed by atoms with E-state index in [0.717, 1.165) is 51.9 Å². The first-order valence-electron chi connectivity index (χ1n) is 38.1. The molecule has 0 aromatic heterocycles. The van der Waals surface area contributed by atoms with Gasteiger partial charge in [0, 0.05) is 19.8 Å². The van der Waals surface area contributed by atoms with E-state index in [1.54, 1.807) is 6.08 Å². The Bertz CT molecular complexity index is 1980. The molecular weight excluding hydrogens is 1240 g/mol. The average molecular weight is 1380 g/mol. The molecule has 564 valence electrons. The number of carboxylic acids is 1. The normalized spacial score (nSPS) is 27.6. The molecule has 18 unspecified atom stereocenters. The van der Waals surface area contributed by atoms with Crippen LogP contribution in [-0.2, 0) is 42.8 Å². The Kier molecular flexibility index (Phi) is 48.7. The minimum absolute atomic E-state index is 0.206. The van der Waals surface area contributed by atoms with E-state index in [2.05, 4.69) is 24.5 Å².